The Hall–Kier alpha value is -3.69. The van der Waals surface area contributed by atoms with E-state index >= 15 is 0 Å². The molecule has 0 radical (unpaired) electrons. The van der Waals surface area contributed by atoms with E-state index in [1.807, 2.05) is 55.5 Å². The minimum atomic E-state index is -1.10. The molecule has 9 heteroatoms. The number of hydrogen-bond donors (Lipinski definition) is 2. The van der Waals surface area contributed by atoms with Gasteiger partial charge in [-0.05, 0) is 67.3 Å². The highest BCUT2D eigenvalue weighted by Gasteiger charge is 2.58. The SMILES string of the molecule is COC(=O)N1C(=O)[C@@H]2[C@@H](CC(C)=C3[C@@H](CC/C(=C/c4ccccc4O)c4ccccc4)OB(O)C[C@@H]32)C1=O. The van der Waals surface area contributed by atoms with Crippen LogP contribution >= 0.6 is 0 Å². The van der Waals surface area contributed by atoms with Gasteiger partial charge in [-0.3, -0.25) is 9.59 Å². The molecule has 2 aliphatic heterocycles. The summed E-state index contributed by atoms with van der Waals surface area (Å²) in [6.45, 7) is 1.93. The molecule has 2 N–H and O–H groups in total. The molecule has 5 rings (SSSR count). The van der Waals surface area contributed by atoms with Gasteiger partial charge < -0.3 is 19.5 Å². The smallest absolute Gasteiger partial charge is 0.455 e. The largest absolute Gasteiger partial charge is 0.507 e. The number of benzene rings is 2. The number of allylic oxidation sites excluding steroid dienone is 2. The number of para-hydroxylation sites is 1. The van der Waals surface area contributed by atoms with E-state index in [0.717, 1.165) is 29.4 Å². The van der Waals surface area contributed by atoms with Crippen LogP contribution in [0, 0.1) is 17.8 Å². The number of aromatic hydroxyl groups is 1. The zero-order valence-corrected chi connectivity index (χ0v) is 21.4. The van der Waals surface area contributed by atoms with Crippen LogP contribution in [0.25, 0.3) is 11.6 Å². The summed E-state index contributed by atoms with van der Waals surface area (Å²) in [5.74, 6) is -2.72. The number of likely N-dealkylation sites (tertiary alicyclic amines) is 1. The second-order valence-corrected chi connectivity index (χ2v) is 10.1. The minimum Gasteiger partial charge on any atom is -0.507 e. The second kappa shape index (κ2) is 10.6. The van der Waals surface area contributed by atoms with E-state index in [0.29, 0.717) is 29.7 Å². The number of rotatable bonds is 5. The highest BCUT2D eigenvalue weighted by Crippen LogP contribution is 2.50. The molecule has 2 fully saturated rings. The number of amides is 3. The van der Waals surface area contributed by atoms with Crippen molar-refractivity contribution >= 4 is 36.7 Å². The lowest BCUT2D eigenvalue weighted by atomic mass is 9.58. The van der Waals surface area contributed by atoms with Gasteiger partial charge in [0.15, 0.2) is 0 Å². The first-order valence-corrected chi connectivity index (χ1v) is 12.8. The van der Waals surface area contributed by atoms with Crippen molar-refractivity contribution in [1.29, 1.82) is 0 Å². The van der Waals surface area contributed by atoms with Crippen LogP contribution in [0.1, 0.15) is 37.3 Å². The molecule has 4 atom stereocenters. The van der Waals surface area contributed by atoms with Gasteiger partial charge in [0.25, 0.3) is 0 Å². The van der Waals surface area contributed by atoms with Gasteiger partial charge in [-0.25, -0.2) is 4.79 Å². The zero-order chi connectivity index (χ0) is 27.0. The first-order chi connectivity index (χ1) is 18.3. The fourth-order valence-corrected chi connectivity index (χ4v) is 6.23. The predicted octanol–water partition coefficient (Wildman–Crippen LogP) is 4.30. The van der Waals surface area contributed by atoms with Crippen LogP contribution in [0.5, 0.6) is 5.75 Å². The third-order valence-electron chi connectivity index (χ3n) is 7.90. The van der Waals surface area contributed by atoms with Crippen molar-refractivity contribution in [2.24, 2.45) is 17.8 Å². The Bertz CT molecular complexity index is 1320. The van der Waals surface area contributed by atoms with E-state index in [9.17, 15) is 24.5 Å². The number of nitrogens with zero attached hydrogens (tertiary/aromatic N) is 1. The third-order valence-corrected chi connectivity index (χ3v) is 7.90. The lowest BCUT2D eigenvalue weighted by molar-refractivity contribution is -0.137. The van der Waals surface area contributed by atoms with Crippen LogP contribution in [0.3, 0.4) is 0 Å². The van der Waals surface area contributed by atoms with Crippen LogP contribution in [0.2, 0.25) is 6.32 Å². The van der Waals surface area contributed by atoms with E-state index in [1.54, 1.807) is 12.1 Å². The summed E-state index contributed by atoms with van der Waals surface area (Å²) in [4.78, 5) is 39.0. The Morgan fingerprint density at radius 2 is 1.82 bits per heavy atom. The van der Waals surface area contributed by atoms with Crippen molar-refractivity contribution in [3.8, 4) is 5.75 Å². The molecule has 1 aliphatic carbocycles. The van der Waals surface area contributed by atoms with Gasteiger partial charge in [0.2, 0.25) is 11.8 Å². The number of methoxy groups -OCH3 is 1. The van der Waals surface area contributed by atoms with Crippen LogP contribution in [-0.2, 0) is 19.0 Å². The maximum Gasteiger partial charge on any atom is 0.455 e. The first-order valence-electron chi connectivity index (χ1n) is 12.8. The van der Waals surface area contributed by atoms with E-state index in [1.165, 1.54) is 0 Å². The summed E-state index contributed by atoms with van der Waals surface area (Å²) in [7, 11) is 0.0406. The molecule has 3 amide bonds. The van der Waals surface area contributed by atoms with E-state index in [2.05, 4.69) is 4.74 Å². The average molecular weight is 515 g/mol. The molecule has 2 heterocycles. The summed E-state index contributed by atoms with van der Waals surface area (Å²) < 4.78 is 10.7. The van der Waals surface area contributed by atoms with Gasteiger partial charge in [-0.15, -0.1) is 0 Å². The van der Waals surface area contributed by atoms with Gasteiger partial charge in [0.05, 0.1) is 25.0 Å². The zero-order valence-electron chi connectivity index (χ0n) is 21.4. The summed E-state index contributed by atoms with van der Waals surface area (Å²) in [5.41, 5.74) is 4.57. The molecule has 0 aromatic heterocycles. The number of phenols is 1. The van der Waals surface area contributed by atoms with Gasteiger partial charge in [0.1, 0.15) is 5.75 Å². The lowest BCUT2D eigenvalue weighted by Gasteiger charge is -2.42. The van der Waals surface area contributed by atoms with Crippen LogP contribution in [0.4, 0.5) is 4.79 Å². The summed E-state index contributed by atoms with van der Waals surface area (Å²) in [6.07, 6.45) is 2.15. The van der Waals surface area contributed by atoms with Crippen molar-refractivity contribution in [3.05, 3.63) is 76.9 Å². The van der Waals surface area contributed by atoms with Crippen molar-refractivity contribution < 1.29 is 33.9 Å². The fourth-order valence-electron chi connectivity index (χ4n) is 6.23. The van der Waals surface area contributed by atoms with Crippen LogP contribution in [0.15, 0.2) is 65.7 Å². The molecule has 0 saturated carbocycles. The monoisotopic (exact) mass is 515 g/mol. The second-order valence-electron chi connectivity index (χ2n) is 10.1. The molecule has 0 bridgehead atoms. The Morgan fingerprint density at radius 1 is 1.11 bits per heavy atom. The van der Waals surface area contributed by atoms with Crippen LogP contribution in [-0.4, -0.2) is 53.3 Å². The van der Waals surface area contributed by atoms with Crippen LogP contribution < -0.4 is 0 Å². The standard InChI is InChI=1S/C29H30BNO7/c1-17-14-21-26(28(34)31(27(21)33)29(35)37-2)22-16-30(36)38-24(25(17)22)13-12-19(18-8-4-3-5-9-18)15-20-10-6-7-11-23(20)32/h3-11,15,21-22,24,26,32,36H,12-14,16H2,1-2H3/b19-15-/t21-,22+,24-,26-/m1/s1. The molecule has 2 aromatic rings. The van der Waals surface area contributed by atoms with Gasteiger partial charge >= 0.3 is 13.2 Å². The normalized spacial score (nSPS) is 25.4. The first kappa shape index (κ1) is 25.9. The molecule has 8 nitrogen and oxygen atoms in total. The van der Waals surface area contributed by atoms with E-state index in [4.69, 9.17) is 4.65 Å². The van der Waals surface area contributed by atoms with E-state index < -0.39 is 48.9 Å². The predicted molar refractivity (Wildman–Crippen MR) is 141 cm³/mol. The Morgan fingerprint density at radius 3 is 2.53 bits per heavy atom. The summed E-state index contributed by atoms with van der Waals surface area (Å²) in [6, 6.07) is 17.0. The fraction of sp³-hybridized carbons (Fsp3) is 0.345. The van der Waals surface area contributed by atoms with E-state index in [-0.39, 0.29) is 12.1 Å². The molecule has 2 aromatic carbocycles. The van der Waals surface area contributed by atoms with Crippen molar-refractivity contribution in [1.82, 2.24) is 4.90 Å². The number of ether oxygens (including phenoxy) is 1. The minimum absolute atomic E-state index is 0.178. The number of imide groups is 3. The number of carbonyl (C=O) groups excluding carboxylic acids is 3. The van der Waals surface area contributed by atoms with Gasteiger partial charge in [-0.2, -0.15) is 4.90 Å². The summed E-state index contributed by atoms with van der Waals surface area (Å²) in [5, 5.41) is 21.0. The Kier molecular flexibility index (Phi) is 7.23. The molecule has 38 heavy (non-hydrogen) atoms. The summed E-state index contributed by atoms with van der Waals surface area (Å²) >= 11 is 0. The highest BCUT2D eigenvalue weighted by atomic mass is 16.5. The lowest BCUT2D eigenvalue weighted by Crippen LogP contribution is -2.46. The quantitative estimate of drug-likeness (QED) is 0.264. The molecular formula is C29H30BNO7. The maximum absolute atomic E-state index is 13.2. The van der Waals surface area contributed by atoms with Crippen molar-refractivity contribution in [2.45, 2.75) is 38.6 Å². The Labute approximate surface area is 221 Å². The number of fused-ring (bicyclic) bond motifs is 3. The maximum atomic E-state index is 13.2. The molecular weight excluding hydrogens is 485 g/mol. The van der Waals surface area contributed by atoms with Gasteiger partial charge in [-0.1, -0.05) is 54.1 Å². The number of carbonyl (C=O) groups is 3. The third kappa shape index (κ3) is 4.68. The molecule has 0 spiro atoms. The number of hydrogen-bond acceptors (Lipinski definition) is 7. The molecule has 0 unspecified atom stereocenters. The molecule has 3 aliphatic rings. The van der Waals surface area contributed by atoms with Gasteiger partial charge in [0, 0.05) is 5.56 Å². The topological polar surface area (TPSA) is 113 Å². The van der Waals surface area contributed by atoms with Crippen molar-refractivity contribution in [3.63, 3.8) is 0 Å². The molecule has 2 saturated heterocycles. The Balaban J connectivity index is 1.44. The molecule has 196 valence electrons. The number of phenolic OH excluding ortho intramolecular Hbond substituents is 1. The average Bonchev–Trinajstić information content (AvgIpc) is 3.16. The van der Waals surface area contributed by atoms with Crippen molar-refractivity contribution in [2.75, 3.05) is 7.11 Å². The highest BCUT2D eigenvalue weighted by molar-refractivity contribution is 6.43.